The minimum absolute atomic E-state index is 0.0231. The predicted molar refractivity (Wildman–Crippen MR) is 127 cm³/mol. The van der Waals surface area contributed by atoms with Gasteiger partial charge in [0, 0.05) is 50.6 Å². The molecule has 0 aromatic heterocycles. The highest BCUT2D eigenvalue weighted by Crippen LogP contribution is 2.51. The van der Waals surface area contributed by atoms with Crippen molar-refractivity contribution in [3.63, 3.8) is 0 Å². The summed E-state index contributed by atoms with van der Waals surface area (Å²) in [6, 6.07) is 17.4. The zero-order valence-corrected chi connectivity index (χ0v) is 20.0. The van der Waals surface area contributed by atoms with Crippen molar-refractivity contribution in [3.8, 4) is 5.75 Å². The molecule has 1 aliphatic heterocycles. The molecule has 4 rings (SSSR count). The third-order valence-electron chi connectivity index (χ3n) is 7.57. The van der Waals surface area contributed by atoms with Crippen LogP contribution in [0.3, 0.4) is 0 Å². The number of hydrogen-bond donors (Lipinski definition) is 0. The number of likely N-dealkylation sites (tertiary alicyclic amines) is 1. The topological polar surface area (TPSA) is 59.1 Å². The molecule has 2 aliphatic rings. The predicted octanol–water partition coefficient (Wildman–Crippen LogP) is 3.75. The van der Waals surface area contributed by atoms with Crippen LogP contribution in [0.5, 0.6) is 5.75 Å². The quantitative estimate of drug-likeness (QED) is 0.513. The first-order valence-electron chi connectivity index (χ1n) is 11.7. The molecule has 176 valence electrons. The number of fused-ring (bicyclic) bond motifs is 1. The number of hydrogen-bond acceptors (Lipinski definition) is 5. The van der Waals surface area contributed by atoms with Gasteiger partial charge in [0.15, 0.2) is 0 Å². The van der Waals surface area contributed by atoms with E-state index in [0.717, 1.165) is 37.9 Å². The highest BCUT2D eigenvalue weighted by molar-refractivity contribution is 5.94. The Morgan fingerprint density at radius 3 is 2.58 bits per heavy atom. The van der Waals surface area contributed by atoms with Crippen molar-refractivity contribution in [2.75, 3.05) is 34.3 Å². The summed E-state index contributed by atoms with van der Waals surface area (Å²) >= 11 is 0. The largest absolute Gasteiger partial charge is 0.427 e. The fraction of sp³-hybridized carbons (Fsp3) is 0.481. The molecule has 2 aromatic carbocycles. The average molecular weight is 451 g/mol. The van der Waals surface area contributed by atoms with Crippen molar-refractivity contribution >= 4 is 11.9 Å². The molecule has 0 bridgehead atoms. The van der Waals surface area contributed by atoms with Crippen molar-refractivity contribution in [1.29, 1.82) is 0 Å². The van der Waals surface area contributed by atoms with Gasteiger partial charge in [0.05, 0.1) is 6.10 Å². The number of ether oxygens (including phenoxy) is 2. The van der Waals surface area contributed by atoms with E-state index in [1.54, 1.807) is 7.11 Å². The summed E-state index contributed by atoms with van der Waals surface area (Å²) in [7, 11) is 5.84. The molecule has 1 saturated carbocycles. The Morgan fingerprint density at radius 2 is 1.88 bits per heavy atom. The monoisotopic (exact) mass is 450 g/mol. The third kappa shape index (κ3) is 4.68. The van der Waals surface area contributed by atoms with Crippen molar-refractivity contribution in [3.05, 3.63) is 65.7 Å². The first kappa shape index (κ1) is 23.5. The van der Waals surface area contributed by atoms with Gasteiger partial charge < -0.3 is 19.3 Å². The van der Waals surface area contributed by atoms with Gasteiger partial charge >= 0.3 is 5.97 Å². The van der Waals surface area contributed by atoms with Gasteiger partial charge in [0.1, 0.15) is 5.75 Å². The number of piperidine rings is 1. The normalized spacial score (nSPS) is 27.5. The molecule has 0 radical (unpaired) electrons. The van der Waals surface area contributed by atoms with Crippen LogP contribution in [-0.4, -0.2) is 68.1 Å². The molecule has 6 heteroatoms. The summed E-state index contributed by atoms with van der Waals surface area (Å²) in [6.45, 7) is 3.32. The van der Waals surface area contributed by atoms with Gasteiger partial charge in [-0.05, 0) is 62.7 Å². The molecule has 3 unspecified atom stereocenters. The van der Waals surface area contributed by atoms with E-state index in [1.807, 2.05) is 60.5 Å². The highest BCUT2D eigenvalue weighted by atomic mass is 16.5. The molecule has 1 amide bonds. The SMILES string of the molecule is COC1C[C@@H](N(C)C(=O)c2ccccc2)CC2(c3cccc(OC(C)=O)c3)CCN(C)CC12. The maximum absolute atomic E-state index is 13.3. The molecule has 33 heavy (non-hydrogen) atoms. The standard InChI is InChI=1S/C27H34N2O4/c1-19(30)33-23-12-8-11-21(15-23)27-13-14-28(2)18-24(27)25(32-4)16-22(17-27)29(3)26(31)20-9-6-5-7-10-20/h5-12,15,22,24-25H,13-14,16-18H2,1-4H3/t22-,24?,25?,27?/m1/s1. The number of nitrogens with zero attached hydrogens (tertiary/aromatic N) is 2. The second-order valence-electron chi connectivity index (χ2n) is 9.55. The lowest BCUT2D eigenvalue weighted by Gasteiger charge is -2.56. The zero-order valence-electron chi connectivity index (χ0n) is 20.0. The molecule has 1 heterocycles. The number of benzene rings is 2. The minimum atomic E-state index is -0.325. The number of carbonyl (C=O) groups is 2. The molecular weight excluding hydrogens is 416 g/mol. The van der Waals surface area contributed by atoms with E-state index in [-0.39, 0.29) is 35.4 Å². The van der Waals surface area contributed by atoms with Gasteiger partial charge in [0.25, 0.3) is 5.91 Å². The minimum Gasteiger partial charge on any atom is -0.427 e. The molecular formula is C27H34N2O4. The van der Waals surface area contributed by atoms with E-state index < -0.39 is 0 Å². The van der Waals surface area contributed by atoms with E-state index in [0.29, 0.717) is 11.3 Å². The summed E-state index contributed by atoms with van der Waals surface area (Å²) in [5.74, 6) is 0.557. The Labute approximate surface area is 196 Å². The van der Waals surface area contributed by atoms with E-state index >= 15 is 0 Å². The zero-order chi connectivity index (χ0) is 23.6. The van der Waals surface area contributed by atoms with Gasteiger partial charge in [-0.1, -0.05) is 30.3 Å². The second kappa shape index (κ2) is 9.65. The lowest BCUT2D eigenvalue weighted by molar-refractivity contribution is -0.131. The molecule has 1 aliphatic carbocycles. The Balaban J connectivity index is 1.72. The lowest BCUT2D eigenvalue weighted by atomic mass is 9.56. The molecule has 2 aromatic rings. The van der Waals surface area contributed by atoms with Crippen LogP contribution < -0.4 is 4.74 Å². The van der Waals surface area contributed by atoms with Gasteiger partial charge in [0.2, 0.25) is 0 Å². The number of amides is 1. The van der Waals surface area contributed by atoms with Gasteiger partial charge in [-0.25, -0.2) is 0 Å². The van der Waals surface area contributed by atoms with Crippen molar-refractivity contribution < 1.29 is 19.1 Å². The van der Waals surface area contributed by atoms with E-state index in [1.165, 1.54) is 6.92 Å². The Bertz CT molecular complexity index is 995. The summed E-state index contributed by atoms with van der Waals surface area (Å²) in [4.78, 5) is 29.1. The second-order valence-corrected chi connectivity index (χ2v) is 9.55. The molecule has 6 nitrogen and oxygen atoms in total. The van der Waals surface area contributed by atoms with E-state index in [4.69, 9.17) is 9.47 Å². The number of rotatable bonds is 5. The van der Waals surface area contributed by atoms with Crippen LogP contribution in [0.1, 0.15) is 42.1 Å². The average Bonchev–Trinajstić information content (AvgIpc) is 2.82. The van der Waals surface area contributed by atoms with Gasteiger partial charge in [-0.3, -0.25) is 9.59 Å². The van der Waals surface area contributed by atoms with Crippen LogP contribution in [0, 0.1) is 5.92 Å². The Kier molecular flexibility index (Phi) is 6.86. The van der Waals surface area contributed by atoms with Gasteiger partial charge in [-0.2, -0.15) is 0 Å². The Hall–Kier alpha value is -2.70. The lowest BCUT2D eigenvalue weighted by Crippen LogP contribution is -2.61. The summed E-state index contributed by atoms with van der Waals surface area (Å²) in [5.41, 5.74) is 1.69. The fourth-order valence-electron chi connectivity index (χ4n) is 5.86. The van der Waals surface area contributed by atoms with Crippen LogP contribution in [0.4, 0.5) is 0 Å². The van der Waals surface area contributed by atoms with E-state index in [2.05, 4.69) is 18.0 Å². The molecule has 4 atom stereocenters. The number of esters is 1. The van der Waals surface area contributed by atoms with Crippen molar-refractivity contribution in [1.82, 2.24) is 9.80 Å². The van der Waals surface area contributed by atoms with Crippen molar-refractivity contribution in [2.24, 2.45) is 5.92 Å². The van der Waals surface area contributed by atoms with Crippen LogP contribution in [0.2, 0.25) is 0 Å². The van der Waals surface area contributed by atoms with Crippen LogP contribution >= 0.6 is 0 Å². The fourth-order valence-corrected chi connectivity index (χ4v) is 5.86. The van der Waals surface area contributed by atoms with Crippen LogP contribution in [0.25, 0.3) is 0 Å². The molecule has 0 N–H and O–H groups in total. The smallest absolute Gasteiger partial charge is 0.308 e. The Morgan fingerprint density at radius 1 is 1.12 bits per heavy atom. The molecule has 2 fully saturated rings. The summed E-state index contributed by atoms with van der Waals surface area (Å²) < 4.78 is 11.5. The number of methoxy groups -OCH3 is 1. The van der Waals surface area contributed by atoms with Crippen molar-refractivity contribution in [2.45, 2.75) is 43.7 Å². The number of carbonyl (C=O) groups excluding carboxylic acids is 2. The maximum Gasteiger partial charge on any atom is 0.308 e. The summed E-state index contributed by atoms with van der Waals surface area (Å²) in [5, 5.41) is 0. The highest BCUT2D eigenvalue weighted by Gasteiger charge is 2.53. The molecule has 1 saturated heterocycles. The first-order valence-corrected chi connectivity index (χ1v) is 11.7. The van der Waals surface area contributed by atoms with Crippen LogP contribution in [-0.2, 0) is 14.9 Å². The van der Waals surface area contributed by atoms with Gasteiger partial charge in [-0.15, -0.1) is 0 Å². The maximum atomic E-state index is 13.3. The van der Waals surface area contributed by atoms with E-state index in [9.17, 15) is 9.59 Å². The summed E-state index contributed by atoms with van der Waals surface area (Å²) in [6.07, 6.45) is 2.64. The van der Waals surface area contributed by atoms with Crippen LogP contribution in [0.15, 0.2) is 54.6 Å². The third-order valence-corrected chi connectivity index (χ3v) is 7.57. The first-order chi connectivity index (χ1) is 15.8. The molecule has 0 spiro atoms.